The SMILES string of the molecule is CCOc1ccc(-c2cn3c4ccccc4n(CC[NH+](CC)CC)c3n2)cc1. The van der Waals surface area contributed by atoms with Gasteiger partial charge in [0.1, 0.15) is 5.75 Å². The monoisotopic (exact) mass is 377 g/mol. The van der Waals surface area contributed by atoms with Gasteiger partial charge in [0.05, 0.1) is 49.5 Å². The number of hydrogen-bond acceptors (Lipinski definition) is 2. The lowest BCUT2D eigenvalue weighted by molar-refractivity contribution is -0.897. The van der Waals surface area contributed by atoms with Gasteiger partial charge >= 0.3 is 0 Å². The third-order valence-electron chi connectivity index (χ3n) is 5.51. The van der Waals surface area contributed by atoms with E-state index in [0.717, 1.165) is 49.0 Å². The van der Waals surface area contributed by atoms with Gasteiger partial charge in [-0.2, -0.15) is 0 Å². The maximum absolute atomic E-state index is 5.56. The van der Waals surface area contributed by atoms with E-state index in [4.69, 9.17) is 9.72 Å². The van der Waals surface area contributed by atoms with Crippen molar-refractivity contribution in [2.24, 2.45) is 0 Å². The summed E-state index contributed by atoms with van der Waals surface area (Å²) in [5.41, 5.74) is 4.55. The van der Waals surface area contributed by atoms with E-state index in [-0.39, 0.29) is 0 Å². The number of imidazole rings is 2. The van der Waals surface area contributed by atoms with Crippen molar-refractivity contribution >= 4 is 16.8 Å². The molecule has 2 heterocycles. The van der Waals surface area contributed by atoms with Crippen LogP contribution in [0.3, 0.4) is 0 Å². The number of aromatic nitrogens is 3. The molecular formula is C23H29N4O+. The lowest BCUT2D eigenvalue weighted by Crippen LogP contribution is -3.11. The predicted octanol–water partition coefficient (Wildman–Crippen LogP) is 3.28. The molecule has 0 radical (unpaired) electrons. The molecule has 0 bridgehead atoms. The molecule has 4 rings (SSSR count). The van der Waals surface area contributed by atoms with Crippen molar-refractivity contribution in [1.82, 2.24) is 14.0 Å². The zero-order valence-electron chi connectivity index (χ0n) is 17.0. The van der Waals surface area contributed by atoms with Gasteiger partial charge in [0.15, 0.2) is 0 Å². The van der Waals surface area contributed by atoms with Gasteiger partial charge in [0.2, 0.25) is 5.78 Å². The zero-order valence-corrected chi connectivity index (χ0v) is 17.0. The molecule has 4 aromatic rings. The highest BCUT2D eigenvalue weighted by Crippen LogP contribution is 2.26. The topological polar surface area (TPSA) is 35.9 Å². The van der Waals surface area contributed by atoms with Gasteiger partial charge in [-0.3, -0.25) is 4.40 Å². The fourth-order valence-electron chi connectivity index (χ4n) is 3.86. The zero-order chi connectivity index (χ0) is 19.5. The number of nitrogens with zero attached hydrogens (tertiary/aromatic N) is 3. The molecule has 0 saturated heterocycles. The second kappa shape index (κ2) is 8.07. The van der Waals surface area contributed by atoms with Gasteiger partial charge in [-0.25, -0.2) is 4.98 Å². The van der Waals surface area contributed by atoms with Crippen LogP contribution in [0.25, 0.3) is 28.1 Å². The second-order valence-electron chi connectivity index (χ2n) is 7.10. The first-order valence-corrected chi connectivity index (χ1v) is 10.3. The van der Waals surface area contributed by atoms with Crippen LogP contribution in [0.5, 0.6) is 5.75 Å². The Balaban J connectivity index is 1.74. The number of likely N-dealkylation sites (N-methyl/N-ethyl adjacent to an activating group) is 1. The molecule has 146 valence electrons. The van der Waals surface area contributed by atoms with Gasteiger partial charge in [-0.15, -0.1) is 0 Å². The van der Waals surface area contributed by atoms with Crippen molar-refractivity contribution in [3.63, 3.8) is 0 Å². The Kier molecular flexibility index (Phi) is 5.35. The summed E-state index contributed by atoms with van der Waals surface area (Å²) in [7, 11) is 0. The maximum atomic E-state index is 5.56. The van der Waals surface area contributed by atoms with E-state index in [9.17, 15) is 0 Å². The number of fused-ring (bicyclic) bond motifs is 3. The Bertz CT molecular complexity index is 1060. The third-order valence-corrected chi connectivity index (χ3v) is 5.51. The molecule has 0 spiro atoms. The third kappa shape index (κ3) is 3.38. The number of para-hydroxylation sites is 2. The minimum Gasteiger partial charge on any atom is -0.494 e. The lowest BCUT2D eigenvalue weighted by Gasteiger charge is -2.15. The molecule has 0 aliphatic heterocycles. The second-order valence-corrected chi connectivity index (χ2v) is 7.10. The number of rotatable bonds is 8. The van der Waals surface area contributed by atoms with Gasteiger partial charge < -0.3 is 14.2 Å². The van der Waals surface area contributed by atoms with E-state index in [0.29, 0.717) is 6.61 Å². The van der Waals surface area contributed by atoms with Crippen molar-refractivity contribution in [3.05, 3.63) is 54.7 Å². The Labute approximate surface area is 166 Å². The summed E-state index contributed by atoms with van der Waals surface area (Å²) in [4.78, 5) is 6.61. The summed E-state index contributed by atoms with van der Waals surface area (Å²) in [6.07, 6.45) is 2.15. The van der Waals surface area contributed by atoms with Crippen molar-refractivity contribution in [2.75, 3.05) is 26.2 Å². The molecule has 5 nitrogen and oxygen atoms in total. The van der Waals surface area contributed by atoms with Crippen LogP contribution in [0, 0.1) is 0 Å². The highest BCUT2D eigenvalue weighted by Gasteiger charge is 2.16. The molecule has 0 fully saturated rings. The van der Waals surface area contributed by atoms with Crippen LogP contribution in [0.2, 0.25) is 0 Å². The fourth-order valence-corrected chi connectivity index (χ4v) is 3.86. The van der Waals surface area contributed by atoms with E-state index < -0.39 is 0 Å². The molecule has 0 aliphatic carbocycles. The molecule has 0 amide bonds. The van der Waals surface area contributed by atoms with Crippen LogP contribution >= 0.6 is 0 Å². The first-order valence-electron chi connectivity index (χ1n) is 10.3. The van der Waals surface area contributed by atoms with Crippen LogP contribution < -0.4 is 9.64 Å². The minimum atomic E-state index is 0.679. The van der Waals surface area contributed by atoms with E-state index in [2.05, 4.69) is 65.4 Å². The molecule has 1 N–H and O–H groups in total. The van der Waals surface area contributed by atoms with Crippen molar-refractivity contribution in [1.29, 1.82) is 0 Å². The molecular weight excluding hydrogens is 348 g/mol. The Hall–Kier alpha value is -2.79. The number of ether oxygens (including phenoxy) is 1. The molecule has 0 atom stereocenters. The molecule has 2 aromatic carbocycles. The molecule has 0 saturated carbocycles. The lowest BCUT2D eigenvalue weighted by atomic mass is 10.1. The van der Waals surface area contributed by atoms with Crippen molar-refractivity contribution < 1.29 is 9.64 Å². The Morgan fingerprint density at radius 3 is 2.32 bits per heavy atom. The summed E-state index contributed by atoms with van der Waals surface area (Å²) < 4.78 is 10.1. The maximum Gasteiger partial charge on any atom is 0.215 e. The normalized spacial score (nSPS) is 11.7. The molecule has 0 unspecified atom stereocenters. The number of quaternary nitrogens is 1. The summed E-state index contributed by atoms with van der Waals surface area (Å²) >= 11 is 0. The van der Waals surface area contributed by atoms with Crippen molar-refractivity contribution in [2.45, 2.75) is 27.3 Å². The van der Waals surface area contributed by atoms with E-state index in [1.165, 1.54) is 11.0 Å². The highest BCUT2D eigenvalue weighted by atomic mass is 16.5. The average molecular weight is 378 g/mol. The summed E-state index contributed by atoms with van der Waals surface area (Å²) in [6, 6.07) is 16.8. The van der Waals surface area contributed by atoms with E-state index in [1.807, 2.05) is 19.1 Å². The molecule has 28 heavy (non-hydrogen) atoms. The standard InChI is InChI=1S/C23H28N4O/c1-4-25(5-2)15-16-26-21-9-7-8-10-22(21)27-17-20(24-23(26)27)18-11-13-19(14-12-18)28-6-3/h7-14,17H,4-6,15-16H2,1-3H3/p+1. The predicted molar refractivity (Wildman–Crippen MR) is 114 cm³/mol. The molecule has 5 heteroatoms. The summed E-state index contributed by atoms with van der Waals surface area (Å²) in [5, 5.41) is 0. The van der Waals surface area contributed by atoms with Crippen LogP contribution in [-0.4, -0.2) is 40.2 Å². The first kappa shape index (κ1) is 18.6. The van der Waals surface area contributed by atoms with Crippen molar-refractivity contribution in [3.8, 4) is 17.0 Å². The number of benzene rings is 2. The molecule has 2 aromatic heterocycles. The van der Waals surface area contributed by atoms with Crippen LogP contribution in [-0.2, 0) is 6.54 Å². The van der Waals surface area contributed by atoms with E-state index >= 15 is 0 Å². The Morgan fingerprint density at radius 1 is 0.929 bits per heavy atom. The van der Waals surface area contributed by atoms with Gasteiger partial charge in [-0.05, 0) is 57.2 Å². The minimum absolute atomic E-state index is 0.679. The number of nitrogens with one attached hydrogen (secondary N) is 1. The van der Waals surface area contributed by atoms with Gasteiger partial charge in [0, 0.05) is 11.8 Å². The number of hydrogen-bond donors (Lipinski definition) is 1. The smallest absolute Gasteiger partial charge is 0.215 e. The quantitative estimate of drug-likeness (QED) is 0.512. The van der Waals surface area contributed by atoms with Gasteiger partial charge in [-0.1, -0.05) is 12.1 Å². The summed E-state index contributed by atoms with van der Waals surface area (Å²) in [6.45, 7) is 11.6. The molecule has 0 aliphatic rings. The van der Waals surface area contributed by atoms with Crippen LogP contribution in [0.1, 0.15) is 20.8 Å². The Morgan fingerprint density at radius 2 is 1.64 bits per heavy atom. The van der Waals surface area contributed by atoms with Crippen LogP contribution in [0.15, 0.2) is 54.7 Å². The largest absolute Gasteiger partial charge is 0.494 e. The summed E-state index contributed by atoms with van der Waals surface area (Å²) in [5.74, 6) is 1.91. The highest BCUT2D eigenvalue weighted by molar-refractivity contribution is 5.82. The van der Waals surface area contributed by atoms with Gasteiger partial charge in [0.25, 0.3) is 0 Å². The first-order chi connectivity index (χ1) is 13.7. The average Bonchev–Trinajstić information content (AvgIpc) is 3.28. The fraction of sp³-hybridized carbons (Fsp3) is 0.348. The van der Waals surface area contributed by atoms with Crippen LogP contribution in [0.4, 0.5) is 0 Å². The van der Waals surface area contributed by atoms with E-state index in [1.54, 1.807) is 4.90 Å².